The van der Waals surface area contributed by atoms with Crippen LogP contribution in [0.4, 0.5) is 0 Å². The molecule has 0 saturated carbocycles. The van der Waals surface area contributed by atoms with Crippen LogP contribution in [0.25, 0.3) is 0 Å². The first-order valence-corrected chi connectivity index (χ1v) is 15.3. The minimum atomic E-state index is -1.48. The predicted molar refractivity (Wildman–Crippen MR) is 147 cm³/mol. The summed E-state index contributed by atoms with van der Waals surface area (Å²) in [7, 11) is 0.302. The van der Waals surface area contributed by atoms with Crippen molar-refractivity contribution in [3.05, 3.63) is 119 Å². The minimum absolute atomic E-state index is 0.0310. The quantitative estimate of drug-likeness (QED) is 0.220. The summed E-state index contributed by atoms with van der Waals surface area (Å²) in [6.45, 7) is 12.4. The molecule has 0 aliphatic carbocycles. The molecule has 0 spiro atoms. The third-order valence-corrected chi connectivity index (χ3v) is 12.2. The van der Waals surface area contributed by atoms with Crippen LogP contribution in [0.2, 0.25) is 18.1 Å². The molecule has 3 aromatic rings. The minimum Gasteiger partial charge on any atom is -0.379 e. The summed E-state index contributed by atoms with van der Waals surface area (Å²) in [5.74, 6) is 0. The van der Waals surface area contributed by atoms with Gasteiger partial charge in [0.05, 0.1) is 20.8 Å². The summed E-state index contributed by atoms with van der Waals surface area (Å²) >= 11 is 0. The van der Waals surface area contributed by atoms with E-state index in [1.165, 1.54) is 0 Å². The van der Waals surface area contributed by atoms with E-state index >= 15 is 0 Å². The molecule has 0 bridgehead atoms. The maximum absolute atomic E-state index is 6.94. The Morgan fingerprint density at radius 3 is 1.50 bits per heavy atom. The Morgan fingerprint density at radius 1 is 0.735 bits per heavy atom. The van der Waals surface area contributed by atoms with Crippen molar-refractivity contribution in [1.82, 2.24) is 0 Å². The second-order valence-corrected chi connectivity index (χ2v) is 15.8. The molecule has 0 N–H and O–H groups in total. The molecular weight excluding hydrogens is 432 g/mol. The van der Waals surface area contributed by atoms with Crippen LogP contribution in [0.3, 0.4) is 0 Å². The highest BCUT2D eigenvalue weighted by Crippen LogP contribution is 2.41. The van der Waals surface area contributed by atoms with Crippen LogP contribution in [0.15, 0.2) is 103 Å². The van der Waals surface area contributed by atoms with Crippen molar-refractivity contribution in [3.8, 4) is 0 Å². The standard InChI is InChI=1S/C31H40O2Si/c1-30(2,3)34(5,6)24-16-23-29(32-4)25-33-31(26-17-10-7-11-18-26,27-19-12-8-13-20-27)28-21-14-9-15-22-28/h7-22,24,29H,23,25H2,1-6H3/b24-16-/t29-/m0/s1. The molecule has 180 valence electrons. The average molecular weight is 473 g/mol. The SMILES string of the molecule is CO[C@@H](C/C=C\[Si](C)(C)C(C)(C)C)COC(c1ccccc1)(c1ccccc1)c1ccccc1. The van der Waals surface area contributed by atoms with Crippen LogP contribution in [-0.2, 0) is 15.1 Å². The van der Waals surface area contributed by atoms with Crippen molar-refractivity contribution in [3.63, 3.8) is 0 Å². The topological polar surface area (TPSA) is 18.5 Å². The van der Waals surface area contributed by atoms with Gasteiger partial charge in [-0.05, 0) is 28.1 Å². The van der Waals surface area contributed by atoms with Crippen LogP contribution in [0.1, 0.15) is 43.9 Å². The molecule has 0 aromatic heterocycles. The highest BCUT2D eigenvalue weighted by molar-refractivity contribution is 6.84. The molecule has 0 fully saturated rings. The van der Waals surface area contributed by atoms with Crippen molar-refractivity contribution in [2.45, 2.75) is 57.0 Å². The van der Waals surface area contributed by atoms with E-state index in [0.29, 0.717) is 11.6 Å². The average Bonchev–Trinajstić information content (AvgIpc) is 2.84. The summed E-state index contributed by atoms with van der Waals surface area (Å²) in [6, 6.07) is 31.5. The molecule has 2 nitrogen and oxygen atoms in total. The van der Waals surface area contributed by atoms with E-state index in [9.17, 15) is 0 Å². The first kappa shape index (κ1) is 26.1. The Morgan fingerprint density at radius 2 is 1.15 bits per heavy atom. The number of hydrogen-bond acceptors (Lipinski definition) is 2. The molecule has 3 heteroatoms. The highest BCUT2D eigenvalue weighted by Gasteiger charge is 2.38. The van der Waals surface area contributed by atoms with Gasteiger partial charge in [0.25, 0.3) is 0 Å². The Labute approximate surface area is 207 Å². The Balaban J connectivity index is 1.95. The van der Waals surface area contributed by atoms with Crippen LogP contribution < -0.4 is 0 Å². The molecule has 34 heavy (non-hydrogen) atoms. The summed E-state index contributed by atoms with van der Waals surface area (Å²) < 4.78 is 12.8. The van der Waals surface area contributed by atoms with E-state index in [1.807, 2.05) is 18.2 Å². The van der Waals surface area contributed by atoms with E-state index in [0.717, 1.165) is 23.1 Å². The zero-order chi connectivity index (χ0) is 24.7. The molecule has 0 aliphatic heterocycles. The molecule has 1 atom stereocenters. The third kappa shape index (κ3) is 5.96. The second-order valence-electron chi connectivity index (χ2n) is 10.6. The number of rotatable bonds is 10. The van der Waals surface area contributed by atoms with Gasteiger partial charge < -0.3 is 9.47 Å². The van der Waals surface area contributed by atoms with E-state index in [-0.39, 0.29) is 6.10 Å². The maximum Gasteiger partial charge on any atom is 0.143 e. The molecule has 0 heterocycles. The first-order valence-electron chi connectivity index (χ1n) is 12.2. The van der Waals surface area contributed by atoms with E-state index < -0.39 is 13.7 Å². The van der Waals surface area contributed by atoms with Gasteiger partial charge in [-0.2, -0.15) is 0 Å². The summed E-state index contributed by atoms with van der Waals surface area (Å²) in [4.78, 5) is 0. The lowest BCUT2D eigenvalue weighted by atomic mass is 9.80. The molecule has 0 aliphatic rings. The van der Waals surface area contributed by atoms with Gasteiger partial charge in [-0.15, -0.1) is 0 Å². The summed E-state index contributed by atoms with van der Waals surface area (Å²) in [6.07, 6.45) is 3.11. The summed E-state index contributed by atoms with van der Waals surface area (Å²) in [5.41, 5.74) is 5.07. The Kier molecular flexibility index (Phi) is 8.70. The number of methoxy groups -OCH3 is 1. The fourth-order valence-corrected chi connectivity index (χ4v) is 5.21. The summed E-state index contributed by atoms with van der Waals surface area (Å²) in [5, 5.41) is 0.325. The van der Waals surface area contributed by atoms with Crippen LogP contribution in [0.5, 0.6) is 0 Å². The Hall–Kier alpha value is -2.46. The molecule has 0 amide bonds. The molecular formula is C31H40O2Si. The lowest BCUT2D eigenvalue weighted by molar-refractivity contribution is -0.0503. The lowest BCUT2D eigenvalue weighted by Gasteiger charge is -2.37. The van der Waals surface area contributed by atoms with Crippen molar-refractivity contribution >= 4 is 8.07 Å². The van der Waals surface area contributed by atoms with Crippen molar-refractivity contribution in [2.75, 3.05) is 13.7 Å². The smallest absolute Gasteiger partial charge is 0.143 e. The molecule has 0 radical (unpaired) electrons. The van der Waals surface area contributed by atoms with Gasteiger partial charge in [-0.25, -0.2) is 0 Å². The third-order valence-electron chi connectivity index (χ3n) is 7.23. The second kappa shape index (κ2) is 11.3. The van der Waals surface area contributed by atoms with Gasteiger partial charge in [0.1, 0.15) is 5.60 Å². The molecule has 3 rings (SSSR count). The predicted octanol–water partition coefficient (Wildman–Crippen LogP) is 8.00. The lowest BCUT2D eigenvalue weighted by Crippen LogP contribution is -2.36. The van der Waals surface area contributed by atoms with Gasteiger partial charge in [0.2, 0.25) is 0 Å². The van der Waals surface area contributed by atoms with Crippen LogP contribution in [0, 0.1) is 0 Å². The van der Waals surface area contributed by atoms with Crippen molar-refractivity contribution in [2.24, 2.45) is 0 Å². The van der Waals surface area contributed by atoms with E-state index in [1.54, 1.807) is 7.11 Å². The molecule has 3 aromatic carbocycles. The maximum atomic E-state index is 6.94. The monoisotopic (exact) mass is 472 g/mol. The van der Waals surface area contributed by atoms with Crippen LogP contribution in [-0.4, -0.2) is 27.9 Å². The Bertz CT molecular complexity index is 925. The fraction of sp³-hybridized carbons (Fsp3) is 0.355. The number of hydrogen-bond donors (Lipinski definition) is 0. The fourth-order valence-electron chi connectivity index (χ4n) is 3.98. The van der Waals surface area contributed by atoms with Gasteiger partial charge in [0.15, 0.2) is 0 Å². The van der Waals surface area contributed by atoms with Crippen molar-refractivity contribution in [1.29, 1.82) is 0 Å². The zero-order valence-corrected chi connectivity index (χ0v) is 22.6. The number of benzene rings is 3. The normalized spacial score (nSPS) is 13.8. The van der Waals surface area contributed by atoms with E-state index in [4.69, 9.17) is 9.47 Å². The zero-order valence-electron chi connectivity index (χ0n) is 21.6. The highest BCUT2D eigenvalue weighted by atomic mass is 28.3. The molecule has 0 unspecified atom stereocenters. The van der Waals surface area contributed by atoms with Crippen LogP contribution >= 0.6 is 0 Å². The van der Waals surface area contributed by atoms with Gasteiger partial charge in [0, 0.05) is 7.11 Å². The van der Waals surface area contributed by atoms with Gasteiger partial charge >= 0.3 is 0 Å². The number of ether oxygens (including phenoxy) is 2. The molecule has 0 saturated heterocycles. The van der Waals surface area contributed by atoms with Gasteiger partial charge in [-0.1, -0.05) is 137 Å². The first-order chi connectivity index (χ1) is 16.2. The van der Waals surface area contributed by atoms with Crippen molar-refractivity contribution < 1.29 is 9.47 Å². The van der Waals surface area contributed by atoms with E-state index in [2.05, 4.69) is 118 Å². The largest absolute Gasteiger partial charge is 0.379 e. The van der Waals surface area contributed by atoms with Gasteiger partial charge in [-0.3, -0.25) is 0 Å².